The average Bonchev–Trinajstić information content (AvgIpc) is 2.66. The Bertz CT molecular complexity index is 483. The molecule has 0 radical (unpaired) electrons. The van der Waals surface area contributed by atoms with Crippen molar-refractivity contribution >= 4 is 6.08 Å². The van der Waals surface area contributed by atoms with E-state index in [-0.39, 0.29) is 0 Å². The van der Waals surface area contributed by atoms with Crippen LogP contribution in [0.15, 0.2) is 16.1 Å². The molecule has 0 saturated heterocycles. The molecule has 0 amide bonds. The number of fused-ring (bicyclic) bond motifs is 2. The lowest BCUT2D eigenvalue weighted by Crippen LogP contribution is -1.96. The van der Waals surface area contributed by atoms with Crippen LogP contribution in [0, 0.1) is 18.8 Å². The van der Waals surface area contributed by atoms with Gasteiger partial charge in [0.2, 0.25) is 0 Å². The van der Waals surface area contributed by atoms with Gasteiger partial charge in [-0.25, -0.2) is 0 Å². The first-order valence-corrected chi connectivity index (χ1v) is 6.55. The molecule has 1 aliphatic rings. The molecule has 2 nitrogen and oxygen atoms in total. The minimum atomic E-state index is 0.521. The zero-order valence-electron chi connectivity index (χ0n) is 11.2. The third-order valence-corrected chi connectivity index (χ3v) is 3.01. The molecule has 0 N–H and O–H groups in total. The number of furan rings is 1. The summed E-state index contributed by atoms with van der Waals surface area (Å²) in [6.07, 6.45) is 6.26. The fraction of sp³-hybridized carbons (Fsp3) is 0.500. The van der Waals surface area contributed by atoms with Crippen molar-refractivity contribution in [3.05, 3.63) is 28.7 Å². The molecular weight excluding hydrogens is 224 g/mol. The summed E-state index contributed by atoms with van der Waals surface area (Å²) in [6, 6.07) is 2.11. The molecule has 2 rings (SSSR count). The second-order valence-electron chi connectivity index (χ2n) is 4.80. The first-order chi connectivity index (χ1) is 8.75. The molecule has 1 aliphatic heterocycles. The smallest absolute Gasteiger partial charge is 0.127 e. The second-order valence-corrected chi connectivity index (χ2v) is 4.80. The maximum absolute atomic E-state index is 5.86. The third kappa shape index (κ3) is 3.78. The van der Waals surface area contributed by atoms with Crippen LogP contribution >= 0.6 is 0 Å². The van der Waals surface area contributed by atoms with Crippen molar-refractivity contribution < 1.29 is 9.15 Å². The van der Waals surface area contributed by atoms with Crippen LogP contribution in [0.5, 0.6) is 0 Å². The zero-order chi connectivity index (χ0) is 12.8. The van der Waals surface area contributed by atoms with Gasteiger partial charge in [0.1, 0.15) is 18.1 Å². The van der Waals surface area contributed by atoms with Gasteiger partial charge in [0.25, 0.3) is 0 Å². The molecule has 0 aromatic carbocycles. The zero-order valence-corrected chi connectivity index (χ0v) is 11.2. The molecule has 0 spiro atoms. The van der Waals surface area contributed by atoms with Gasteiger partial charge < -0.3 is 9.15 Å². The van der Waals surface area contributed by atoms with Gasteiger partial charge >= 0.3 is 0 Å². The largest absolute Gasteiger partial charge is 0.461 e. The fourth-order valence-electron chi connectivity index (χ4n) is 2.05. The van der Waals surface area contributed by atoms with E-state index < -0.39 is 0 Å². The lowest BCUT2D eigenvalue weighted by molar-refractivity contribution is 0.192. The van der Waals surface area contributed by atoms with Gasteiger partial charge in [-0.3, -0.25) is 0 Å². The Hall–Kier alpha value is -1.46. The summed E-state index contributed by atoms with van der Waals surface area (Å²) in [7, 11) is 0. The summed E-state index contributed by atoms with van der Waals surface area (Å²) in [5.41, 5.74) is 2.41. The SMILES string of the molecule is C/C1=C/c2cc(C)c(o2)CCCCC#CCOC1. The van der Waals surface area contributed by atoms with E-state index in [1.807, 2.05) is 0 Å². The van der Waals surface area contributed by atoms with Crippen molar-refractivity contribution in [2.45, 2.75) is 39.5 Å². The molecule has 2 heteroatoms. The Balaban J connectivity index is 2.15. The van der Waals surface area contributed by atoms with Crippen molar-refractivity contribution in [1.82, 2.24) is 0 Å². The Kier molecular flexibility index (Phi) is 4.66. The van der Waals surface area contributed by atoms with Crippen molar-refractivity contribution in [1.29, 1.82) is 0 Å². The Morgan fingerprint density at radius 3 is 2.94 bits per heavy atom. The Labute approximate surface area is 109 Å². The van der Waals surface area contributed by atoms with Crippen LogP contribution in [0.3, 0.4) is 0 Å². The maximum Gasteiger partial charge on any atom is 0.127 e. The van der Waals surface area contributed by atoms with E-state index in [2.05, 4.69) is 37.8 Å². The van der Waals surface area contributed by atoms with Crippen molar-refractivity contribution in [2.75, 3.05) is 13.2 Å². The first-order valence-electron chi connectivity index (χ1n) is 6.55. The maximum atomic E-state index is 5.86. The van der Waals surface area contributed by atoms with Crippen LogP contribution in [-0.2, 0) is 11.2 Å². The highest BCUT2D eigenvalue weighted by Gasteiger charge is 2.06. The number of rotatable bonds is 0. The molecule has 0 fully saturated rings. The summed E-state index contributed by atoms with van der Waals surface area (Å²) >= 11 is 0. The van der Waals surface area contributed by atoms with E-state index in [1.54, 1.807) is 0 Å². The number of aryl methyl sites for hydroxylation is 2. The van der Waals surface area contributed by atoms with Gasteiger partial charge in [0.15, 0.2) is 0 Å². The lowest BCUT2D eigenvalue weighted by atomic mass is 10.1. The van der Waals surface area contributed by atoms with Crippen LogP contribution in [0.2, 0.25) is 0 Å². The molecule has 1 aromatic rings. The quantitative estimate of drug-likeness (QED) is 0.649. The number of hydrogen-bond donors (Lipinski definition) is 0. The van der Waals surface area contributed by atoms with Gasteiger partial charge in [-0.2, -0.15) is 0 Å². The normalized spacial score (nSPS) is 20.2. The first kappa shape index (κ1) is 13.0. The van der Waals surface area contributed by atoms with Crippen LogP contribution in [0.1, 0.15) is 43.3 Å². The molecule has 0 aliphatic carbocycles. The van der Waals surface area contributed by atoms with E-state index in [4.69, 9.17) is 9.15 Å². The Morgan fingerprint density at radius 1 is 1.17 bits per heavy atom. The molecule has 2 bridgehead atoms. The van der Waals surface area contributed by atoms with Gasteiger partial charge in [0, 0.05) is 12.8 Å². The molecule has 1 aromatic heterocycles. The van der Waals surface area contributed by atoms with E-state index >= 15 is 0 Å². The number of ether oxygens (including phenoxy) is 1. The van der Waals surface area contributed by atoms with Crippen LogP contribution in [0.25, 0.3) is 6.08 Å². The van der Waals surface area contributed by atoms with Crippen molar-refractivity contribution in [2.24, 2.45) is 0 Å². The summed E-state index contributed by atoms with van der Waals surface area (Å²) in [5, 5.41) is 0. The van der Waals surface area contributed by atoms with Gasteiger partial charge in [-0.15, -0.1) is 5.92 Å². The fourth-order valence-corrected chi connectivity index (χ4v) is 2.05. The molecular formula is C16H20O2. The summed E-state index contributed by atoms with van der Waals surface area (Å²) in [6.45, 7) is 5.30. The van der Waals surface area contributed by atoms with Gasteiger partial charge in [0.05, 0.1) is 6.61 Å². The molecule has 18 heavy (non-hydrogen) atoms. The highest BCUT2D eigenvalue weighted by molar-refractivity contribution is 5.48. The second kappa shape index (κ2) is 6.47. The standard InChI is InChI=1S/C16H20O2/c1-13-10-15-11-14(2)16(18-15)8-6-4-3-5-7-9-17-12-13/h10-11H,3-4,6,8-9,12H2,1-2H3/b13-10-. The van der Waals surface area contributed by atoms with Crippen LogP contribution in [-0.4, -0.2) is 13.2 Å². The van der Waals surface area contributed by atoms with Crippen molar-refractivity contribution in [3.63, 3.8) is 0 Å². The van der Waals surface area contributed by atoms with E-state index in [0.717, 1.165) is 42.8 Å². The molecule has 0 atom stereocenters. The molecule has 0 unspecified atom stereocenters. The van der Waals surface area contributed by atoms with E-state index in [9.17, 15) is 0 Å². The third-order valence-electron chi connectivity index (χ3n) is 3.01. The van der Waals surface area contributed by atoms with Gasteiger partial charge in [-0.1, -0.05) is 5.92 Å². The summed E-state index contributed by atoms with van der Waals surface area (Å²) < 4.78 is 11.3. The van der Waals surface area contributed by atoms with Crippen LogP contribution in [0.4, 0.5) is 0 Å². The molecule has 0 saturated carbocycles. The number of hydrogen-bond acceptors (Lipinski definition) is 2. The minimum Gasteiger partial charge on any atom is -0.461 e. The minimum absolute atomic E-state index is 0.521. The summed E-state index contributed by atoms with van der Waals surface area (Å²) in [4.78, 5) is 0. The topological polar surface area (TPSA) is 22.4 Å². The predicted octanol–water partition coefficient (Wildman–Crippen LogP) is 3.74. The van der Waals surface area contributed by atoms with Gasteiger partial charge in [-0.05, 0) is 50.0 Å². The Morgan fingerprint density at radius 2 is 2.06 bits per heavy atom. The van der Waals surface area contributed by atoms with Crippen LogP contribution < -0.4 is 0 Å². The highest BCUT2D eigenvalue weighted by Crippen LogP contribution is 2.19. The van der Waals surface area contributed by atoms with Crippen molar-refractivity contribution in [3.8, 4) is 11.8 Å². The highest BCUT2D eigenvalue weighted by atomic mass is 16.5. The monoisotopic (exact) mass is 244 g/mol. The lowest BCUT2D eigenvalue weighted by Gasteiger charge is -2.01. The predicted molar refractivity (Wildman–Crippen MR) is 73.2 cm³/mol. The van der Waals surface area contributed by atoms with E-state index in [1.165, 1.54) is 5.56 Å². The van der Waals surface area contributed by atoms with E-state index in [0.29, 0.717) is 13.2 Å². The summed E-state index contributed by atoms with van der Waals surface area (Å²) in [5.74, 6) is 8.24. The average molecular weight is 244 g/mol. The molecule has 96 valence electrons. The molecule has 2 heterocycles.